The molecule has 1 aliphatic heterocycles. The Hall–Kier alpha value is -1.85. The molecule has 0 atom stereocenters. The highest BCUT2D eigenvalue weighted by Crippen LogP contribution is 2.22. The third-order valence-corrected chi connectivity index (χ3v) is 5.53. The molecule has 2 aromatic rings. The number of aromatic nitrogens is 2. The molecule has 3 rings (SSSR count). The van der Waals surface area contributed by atoms with Gasteiger partial charge in [0.15, 0.2) is 0 Å². The molecule has 26 heavy (non-hydrogen) atoms. The zero-order chi connectivity index (χ0) is 18.5. The molecule has 1 aliphatic rings. The van der Waals surface area contributed by atoms with Crippen molar-refractivity contribution in [2.24, 2.45) is 5.92 Å². The van der Waals surface area contributed by atoms with Crippen LogP contribution in [0, 0.1) is 12.8 Å². The Bertz CT molecular complexity index is 736. The maximum atomic E-state index is 12.6. The molecule has 2 heterocycles. The van der Waals surface area contributed by atoms with E-state index >= 15 is 0 Å². The molecule has 0 saturated carbocycles. The van der Waals surface area contributed by atoms with Gasteiger partial charge in [-0.15, -0.1) is 0 Å². The van der Waals surface area contributed by atoms with E-state index < -0.39 is 0 Å². The molecular formula is C20H27ClN4O. The highest BCUT2D eigenvalue weighted by Gasteiger charge is 2.21. The van der Waals surface area contributed by atoms with Crippen molar-refractivity contribution in [1.82, 2.24) is 20.0 Å². The van der Waals surface area contributed by atoms with Gasteiger partial charge in [0, 0.05) is 6.54 Å². The van der Waals surface area contributed by atoms with Crippen LogP contribution in [0.1, 0.15) is 40.9 Å². The van der Waals surface area contributed by atoms with Gasteiger partial charge in [0.2, 0.25) is 0 Å². The second-order valence-corrected chi connectivity index (χ2v) is 7.54. The van der Waals surface area contributed by atoms with Crippen molar-refractivity contribution in [3.05, 3.63) is 52.3 Å². The fraction of sp³-hybridized carbons (Fsp3) is 0.500. The fourth-order valence-electron chi connectivity index (χ4n) is 3.50. The molecular weight excluding hydrogens is 348 g/mol. The number of hydrogen-bond donors (Lipinski definition) is 1. The summed E-state index contributed by atoms with van der Waals surface area (Å²) in [5.74, 6) is 0.573. The standard InChI is InChI=1S/C20H27ClN4O/c1-15-18(19(21)25(23-15)14-17-6-4-3-5-7-17)20(26)22-11-8-16-9-12-24(2)13-10-16/h3-7,16H,8-14H2,1-2H3,(H,22,26). The number of rotatable bonds is 6. The third kappa shape index (κ3) is 4.65. The topological polar surface area (TPSA) is 50.2 Å². The summed E-state index contributed by atoms with van der Waals surface area (Å²) in [5.41, 5.74) is 2.26. The molecule has 1 saturated heterocycles. The Morgan fingerprint density at radius 1 is 1.27 bits per heavy atom. The van der Waals surface area contributed by atoms with Crippen LogP contribution in [0.3, 0.4) is 0 Å². The van der Waals surface area contributed by atoms with Crippen molar-refractivity contribution in [2.75, 3.05) is 26.7 Å². The van der Waals surface area contributed by atoms with Gasteiger partial charge in [-0.1, -0.05) is 41.9 Å². The van der Waals surface area contributed by atoms with Crippen LogP contribution in [0.4, 0.5) is 0 Å². The molecule has 0 radical (unpaired) electrons. The Kier molecular flexibility index (Phi) is 6.33. The van der Waals surface area contributed by atoms with Crippen LogP contribution in [0.2, 0.25) is 5.15 Å². The van der Waals surface area contributed by atoms with Gasteiger partial charge in [-0.2, -0.15) is 5.10 Å². The maximum absolute atomic E-state index is 12.6. The second-order valence-electron chi connectivity index (χ2n) is 7.19. The number of likely N-dealkylation sites (tertiary alicyclic amines) is 1. The molecule has 0 aliphatic carbocycles. The average molecular weight is 375 g/mol. The number of nitrogens with one attached hydrogen (secondary N) is 1. The SMILES string of the molecule is Cc1nn(Cc2ccccc2)c(Cl)c1C(=O)NCCC1CCN(C)CC1. The smallest absolute Gasteiger partial charge is 0.256 e. The Morgan fingerprint density at radius 2 is 1.96 bits per heavy atom. The minimum atomic E-state index is -0.125. The van der Waals surface area contributed by atoms with Gasteiger partial charge in [0.25, 0.3) is 5.91 Å². The normalized spacial score (nSPS) is 16.0. The van der Waals surface area contributed by atoms with E-state index in [1.54, 1.807) is 4.68 Å². The molecule has 1 N–H and O–H groups in total. The van der Waals surface area contributed by atoms with Crippen molar-refractivity contribution in [3.63, 3.8) is 0 Å². The largest absolute Gasteiger partial charge is 0.352 e. The summed E-state index contributed by atoms with van der Waals surface area (Å²) in [6, 6.07) is 9.98. The highest BCUT2D eigenvalue weighted by atomic mass is 35.5. The molecule has 6 heteroatoms. The number of amides is 1. The first-order valence-electron chi connectivity index (χ1n) is 9.28. The molecule has 0 unspecified atom stereocenters. The van der Waals surface area contributed by atoms with Crippen LogP contribution >= 0.6 is 11.6 Å². The summed E-state index contributed by atoms with van der Waals surface area (Å²) in [6.45, 7) is 5.38. The van der Waals surface area contributed by atoms with Crippen molar-refractivity contribution in [3.8, 4) is 0 Å². The van der Waals surface area contributed by atoms with Crippen LogP contribution in [0.25, 0.3) is 0 Å². The maximum Gasteiger partial charge on any atom is 0.256 e. The van der Waals surface area contributed by atoms with Crippen molar-refractivity contribution in [2.45, 2.75) is 32.7 Å². The minimum Gasteiger partial charge on any atom is -0.352 e. The van der Waals surface area contributed by atoms with Crippen molar-refractivity contribution in [1.29, 1.82) is 0 Å². The van der Waals surface area contributed by atoms with Crippen molar-refractivity contribution < 1.29 is 4.79 Å². The Labute approximate surface area is 160 Å². The summed E-state index contributed by atoms with van der Waals surface area (Å²) in [6.07, 6.45) is 3.44. The number of hydrogen-bond acceptors (Lipinski definition) is 3. The van der Waals surface area contributed by atoms with Gasteiger partial charge >= 0.3 is 0 Å². The van der Waals surface area contributed by atoms with Crippen LogP contribution in [-0.2, 0) is 6.54 Å². The van der Waals surface area contributed by atoms with Crippen LogP contribution in [-0.4, -0.2) is 47.3 Å². The summed E-state index contributed by atoms with van der Waals surface area (Å²) in [7, 11) is 2.16. The van der Waals surface area contributed by atoms with E-state index in [9.17, 15) is 4.79 Å². The average Bonchev–Trinajstić information content (AvgIpc) is 2.91. The summed E-state index contributed by atoms with van der Waals surface area (Å²) >= 11 is 6.45. The van der Waals surface area contributed by atoms with Gasteiger partial charge in [-0.25, -0.2) is 4.68 Å². The Morgan fingerprint density at radius 3 is 2.65 bits per heavy atom. The lowest BCUT2D eigenvalue weighted by Crippen LogP contribution is -2.32. The van der Waals surface area contributed by atoms with E-state index in [-0.39, 0.29) is 5.91 Å². The van der Waals surface area contributed by atoms with E-state index in [4.69, 9.17) is 11.6 Å². The number of carbonyl (C=O) groups is 1. The van der Waals surface area contributed by atoms with Gasteiger partial charge in [-0.3, -0.25) is 4.79 Å². The van der Waals surface area contributed by atoms with Gasteiger partial charge in [0.1, 0.15) is 5.15 Å². The number of benzene rings is 1. The number of piperidine rings is 1. The van der Waals surface area contributed by atoms with E-state index in [1.807, 2.05) is 37.3 Å². The van der Waals surface area contributed by atoms with Crippen molar-refractivity contribution >= 4 is 17.5 Å². The molecule has 5 nitrogen and oxygen atoms in total. The number of nitrogens with zero attached hydrogens (tertiary/aromatic N) is 3. The highest BCUT2D eigenvalue weighted by molar-refractivity contribution is 6.33. The number of aryl methyl sites for hydroxylation is 1. The third-order valence-electron chi connectivity index (χ3n) is 5.14. The van der Waals surface area contributed by atoms with E-state index in [0.717, 1.165) is 25.1 Å². The van der Waals surface area contributed by atoms with E-state index in [1.165, 1.54) is 12.8 Å². The first-order valence-corrected chi connectivity index (χ1v) is 9.66. The van der Waals surface area contributed by atoms with E-state index in [2.05, 4.69) is 22.4 Å². The second kappa shape index (κ2) is 8.69. The molecule has 1 aromatic heterocycles. The summed E-state index contributed by atoms with van der Waals surface area (Å²) in [5, 5.41) is 7.88. The first-order chi connectivity index (χ1) is 12.5. The minimum absolute atomic E-state index is 0.125. The molecule has 1 amide bonds. The molecule has 0 spiro atoms. The zero-order valence-corrected chi connectivity index (χ0v) is 16.3. The van der Waals surface area contributed by atoms with Gasteiger partial charge < -0.3 is 10.2 Å². The lowest BCUT2D eigenvalue weighted by atomic mass is 9.94. The van der Waals surface area contributed by atoms with Gasteiger partial charge in [0.05, 0.1) is 17.8 Å². The van der Waals surface area contributed by atoms with Crippen LogP contribution in [0.5, 0.6) is 0 Å². The monoisotopic (exact) mass is 374 g/mol. The number of carbonyl (C=O) groups excluding carboxylic acids is 1. The lowest BCUT2D eigenvalue weighted by molar-refractivity contribution is 0.0948. The summed E-state index contributed by atoms with van der Waals surface area (Å²) < 4.78 is 1.69. The molecule has 1 aromatic carbocycles. The van der Waals surface area contributed by atoms with E-state index in [0.29, 0.717) is 35.4 Å². The zero-order valence-electron chi connectivity index (χ0n) is 15.5. The lowest BCUT2D eigenvalue weighted by Gasteiger charge is -2.28. The molecule has 1 fully saturated rings. The van der Waals surface area contributed by atoms with Crippen LogP contribution in [0.15, 0.2) is 30.3 Å². The summed E-state index contributed by atoms with van der Waals surface area (Å²) in [4.78, 5) is 14.9. The van der Waals surface area contributed by atoms with Gasteiger partial charge in [-0.05, 0) is 57.8 Å². The first kappa shape index (κ1) is 18.9. The Balaban J connectivity index is 1.57. The van der Waals surface area contributed by atoms with Crippen LogP contribution < -0.4 is 5.32 Å². The quantitative estimate of drug-likeness (QED) is 0.843. The number of halogens is 1. The molecule has 140 valence electrons. The fourth-order valence-corrected chi connectivity index (χ4v) is 3.82. The predicted octanol–water partition coefficient (Wildman–Crippen LogP) is 3.35. The predicted molar refractivity (Wildman–Crippen MR) is 105 cm³/mol. The molecule has 0 bridgehead atoms.